The molecule has 0 heterocycles. The van der Waals surface area contributed by atoms with E-state index in [1.165, 1.54) is 43.2 Å². The number of aryl methyl sites for hydroxylation is 1. The molecule has 0 unspecified atom stereocenters. The predicted octanol–water partition coefficient (Wildman–Crippen LogP) is 4.21. The smallest absolute Gasteiger partial charge is 0.0228 e. The van der Waals surface area contributed by atoms with Crippen LogP contribution in [0.1, 0.15) is 43.7 Å². The van der Waals surface area contributed by atoms with Gasteiger partial charge in [-0.25, -0.2) is 0 Å². The van der Waals surface area contributed by atoms with E-state index in [1.807, 2.05) is 0 Å². The number of allylic oxidation sites excluding steroid dienone is 2. The molecule has 1 aromatic rings. The van der Waals surface area contributed by atoms with Gasteiger partial charge in [0, 0.05) is 0 Å². The van der Waals surface area contributed by atoms with Gasteiger partial charge < -0.3 is 0 Å². The van der Waals surface area contributed by atoms with Gasteiger partial charge in [-0.05, 0) is 42.4 Å². The third-order valence-corrected chi connectivity index (χ3v) is 2.90. The predicted molar refractivity (Wildman–Crippen MR) is 62.3 cm³/mol. The molecule has 0 nitrogen and oxygen atoms in total. The molecule has 1 aromatic carbocycles. The van der Waals surface area contributed by atoms with Gasteiger partial charge in [-0.1, -0.05) is 43.7 Å². The SMILES string of the molecule is CCCc1ccc(C2=CCCC2)cc1. The molecular formula is C14H18. The van der Waals surface area contributed by atoms with Crippen molar-refractivity contribution in [1.29, 1.82) is 0 Å². The molecule has 0 aliphatic heterocycles. The molecule has 2 rings (SSSR count). The van der Waals surface area contributed by atoms with Gasteiger partial charge in [0.05, 0.1) is 0 Å². The van der Waals surface area contributed by atoms with Gasteiger partial charge >= 0.3 is 0 Å². The summed E-state index contributed by atoms with van der Waals surface area (Å²) in [4.78, 5) is 0. The summed E-state index contributed by atoms with van der Waals surface area (Å²) in [6, 6.07) is 9.11. The maximum absolute atomic E-state index is 2.38. The lowest BCUT2D eigenvalue weighted by atomic mass is 10.0. The molecule has 0 amide bonds. The third kappa shape index (κ3) is 2.06. The highest BCUT2D eigenvalue weighted by Crippen LogP contribution is 2.27. The van der Waals surface area contributed by atoms with Gasteiger partial charge in [-0.15, -0.1) is 0 Å². The summed E-state index contributed by atoms with van der Waals surface area (Å²) in [5.74, 6) is 0. The van der Waals surface area contributed by atoms with Crippen LogP contribution in [-0.2, 0) is 6.42 Å². The molecule has 1 aliphatic rings. The lowest BCUT2D eigenvalue weighted by Gasteiger charge is -2.03. The van der Waals surface area contributed by atoms with Gasteiger partial charge in [-0.3, -0.25) is 0 Å². The van der Waals surface area contributed by atoms with Crippen LogP contribution in [0, 0.1) is 0 Å². The Balaban J connectivity index is 2.13. The van der Waals surface area contributed by atoms with Crippen molar-refractivity contribution in [3.63, 3.8) is 0 Å². The van der Waals surface area contributed by atoms with Gasteiger partial charge in [0.1, 0.15) is 0 Å². The summed E-state index contributed by atoms with van der Waals surface area (Å²) in [5, 5.41) is 0. The highest BCUT2D eigenvalue weighted by molar-refractivity contribution is 5.67. The van der Waals surface area contributed by atoms with Crippen molar-refractivity contribution in [2.24, 2.45) is 0 Å². The Kier molecular flexibility index (Phi) is 3.03. The molecule has 0 aromatic heterocycles. The van der Waals surface area contributed by atoms with Crippen LogP contribution < -0.4 is 0 Å². The number of benzene rings is 1. The van der Waals surface area contributed by atoms with Crippen LogP contribution in [0.15, 0.2) is 30.3 Å². The van der Waals surface area contributed by atoms with E-state index in [0.29, 0.717) is 0 Å². The molecule has 0 saturated heterocycles. The molecule has 0 saturated carbocycles. The zero-order valence-electron chi connectivity index (χ0n) is 8.92. The van der Waals surface area contributed by atoms with Crippen molar-refractivity contribution < 1.29 is 0 Å². The van der Waals surface area contributed by atoms with Crippen LogP contribution >= 0.6 is 0 Å². The highest BCUT2D eigenvalue weighted by atomic mass is 14.1. The molecule has 74 valence electrons. The standard InChI is InChI=1S/C14H18/c1-2-5-12-8-10-14(11-9-12)13-6-3-4-7-13/h6,8-11H,2-5,7H2,1H3. The molecule has 14 heavy (non-hydrogen) atoms. The zero-order valence-corrected chi connectivity index (χ0v) is 8.92. The first-order chi connectivity index (χ1) is 6.90. The van der Waals surface area contributed by atoms with Gasteiger partial charge in [0.25, 0.3) is 0 Å². The summed E-state index contributed by atoms with van der Waals surface area (Å²) >= 11 is 0. The van der Waals surface area contributed by atoms with E-state index in [9.17, 15) is 0 Å². The average Bonchev–Trinajstić information content (AvgIpc) is 2.72. The lowest BCUT2D eigenvalue weighted by molar-refractivity contribution is 0.920. The number of hydrogen-bond donors (Lipinski definition) is 0. The van der Waals surface area contributed by atoms with Crippen LogP contribution in [0.3, 0.4) is 0 Å². The van der Waals surface area contributed by atoms with Crippen LogP contribution in [-0.4, -0.2) is 0 Å². The largest absolute Gasteiger partial charge is 0.0807 e. The van der Waals surface area contributed by atoms with Crippen LogP contribution in [0.2, 0.25) is 0 Å². The van der Waals surface area contributed by atoms with E-state index >= 15 is 0 Å². The molecule has 0 N–H and O–H groups in total. The minimum absolute atomic E-state index is 1.21. The summed E-state index contributed by atoms with van der Waals surface area (Å²) in [6.07, 6.45) is 8.71. The maximum Gasteiger partial charge on any atom is -0.0228 e. The Morgan fingerprint density at radius 2 is 1.93 bits per heavy atom. The number of hydrogen-bond acceptors (Lipinski definition) is 0. The Bertz CT molecular complexity index is 316. The molecule has 0 fully saturated rings. The van der Waals surface area contributed by atoms with E-state index < -0.39 is 0 Å². The highest BCUT2D eigenvalue weighted by Gasteiger charge is 2.06. The molecule has 0 bridgehead atoms. The van der Waals surface area contributed by atoms with Crippen molar-refractivity contribution in [2.45, 2.75) is 39.0 Å². The summed E-state index contributed by atoms with van der Waals surface area (Å²) in [5.41, 5.74) is 4.45. The summed E-state index contributed by atoms with van der Waals surface area (Å²) in [7, 11) is 0. The van der Waals surface area contributed by atoms with Gasteiger partial charge in [-0.2, -0.15) is 0 Å². The topological polar surface area (TPSA) is 0 Å². The van der Waals surface area contributed by atoms with Crippen molar-refractivity contribution >= 4 is 5.57 Å². The van der Waals surface area contributed by atoms with Crippen LogP contribution in [0.5, 0.6) is 0 Å². The van der Waals surface area contributed by atoms with Crippen LogP contribution in [0.4, 0.5) is 0 Å². The normalized spacial score (nSPS) is 15.6. The molecule has 0 atom stereocenters. The summed E-state index contributed by atoms with van der Waals surface area (Å²) in [6.45, 7) is 2.23. The van der Waals surface area contributed by atoms with E-state index in [-0.39, 0.29) is 0 Å². The minimum Gasteiger partial charge on any atom is -0.0807 e. The average molecular weight is 186 g/mol. The van der Waals surface area contributed by atoms with Crippen LogP contribution in [0.25, 0.3) is 5.57 Å². The lowest BCUT2D eigenvalue weighted by Crippen LogP contribution is -1.85. The molecule has 1 aliphatic carbocycles. The Morgan fingerprint density at radius 3 is 2.50 bits per heavy atom. The molecule has 0 heteroatoms. The van der Waals surface area contributed by atoms with Crippen molar-refractivity contribution in [1.82, 2.24) is 0 Å². The zero-order chi connectivity index (χ0) is 9.80. The van der Waals surface area contributed by atoms with E-state index in [0.717, 1.165) is 0 Å². The van der Waals surface area contributed by atoms with Crippen molar-refractivity contribution in [3.8, 4) is 0 Å². The molecule has 0 radical (unpaired) electrons. The monoisotopic (exact) mass is 186 g/mol. The Hall–Kier alpha value is -1.04. The second kappa shape index (κ2) is 4.45. The maximum atomic E-state index is 2.38. The Labute approximate surface area is 86.7 Å². The molecular weight excluding hydrogens is 168 g/mol. The minimum atomic E-state index is 1.21. The second-order valence-corrected chi connectivity index (χ2v) is 4.07. The fraction of sp³-hybridized carbons (Fsp3) is 0.429. The van der Waals surface area contributed by atoms with Crippen molar-refractivity contribution in [3.05, 3.63) is 41.5 Å². The van der Waals surface area contributed by atoms with E-state index in [1.54, 1.807) is 5.57 Å². The van der Waals surface area contributed by atoms with E-state index in [4.69, 9.17) is 0 Å². The quantitative estimate of drug-likeness (QED) is 0.663. The van der Waals surface area contributed by atoms with E-state index in [2.05, 4.69) is 37.3 Å². The fourth-order valence-electron chi connectivity index (χ4n) is 2.11. The summed E-state index contributed by atoms with van der Waals surface area (Å²) < 4.78 is 0. The first-order valence-electron chi connectivity index (χ1n) is 5.68. The van der Waals surface area contributed by atoms with Gasteiger partial charge in [0.15, 0.2) is 0 Å². The van der Waals surface area contributed by atoms with Gasteiger partial charge in [0.2, 0.25) is 0 Å². The second-order valence-electron chi connectivity index (χ2n) is 4.07. The fourth-order valence-corrected chi connectivity index (χ4v) is 2.11. The van der Waals surface area contributed by atoms with Crippen molar-refractivity contribution in [2.75, 3.05) is 0 Å². The Morgan fingerprint density at radius 1 is 1.14 bits per heavy atom. The first-order valence-corrected chi connectivity index (χ1v) is 5.68. The third-order valence-electron chi connectivity index (χ3n) is 2.90. The first kappa shape index (κ1) is 9.51. The molecule has 0 spiro atoms. The number of rotatable bonds is 3.